The minimum Gasteiger partial charge on any atom is -0.455 e. The van der Waals surface area contributed by atoms with Gasteiger partial charge in [0, 0.05) is 39.2 Å². The molecule has 0 bridgehead atoms. The molecule has 192 valence electrons. The minimum absolute atomic E-state index is 0.109. The fourth-order valence-electron chi connectivity index (χ4n) is 4.72. The smallest absolute Gasteiger partial charge is 0.142 e. The molecule has 0 atom stereocenters. The lowest BCUT2D eigenvalue weighted by Crippen LogP contribution is -1.91. The van der Waals surface area contributed by atoms with E-state index >= 15 is 0 Å². The van der Waals surface area contributed by atoms with E-state index in [1.807, 2.05) is 0 Å². The van der Waals surface area contributed by atoms with Gasteiger partial charge in [-0.15, -0.1) is 0 Å². The van der Waals surface area contributed by atoms with Crippen LogP contribution in [0.15, 0.2) is 150 Å². The quantitative estimate of drug-likeness (QED) is 0.208. The zero-order chi connectivity index (χ0) is 42.8. The van der Waals surface area contributed by atoms with Crippen molar-refractivity contribution < 1.29 is 29.1 Å². The van der Waals surface area contributed by atoms with Crippen LogP contribution in [0, 0.1) is 0 Å². The van der Waals surface area contributed by atoms with Crippen molar-refractivity contribution in [1.29, 1.82) is 0 Å². The first kappa shape index (κ1) is 11.5. The molecule has 5 aromatic carbocycles. The average Bonchev–Trinajstić information content (AvgIpc) is 3.54. The Morgan fingerprint density at radius 1 is 0.561 bits per heavy atom. The molecule has 41 heavy (non-hydrogen) atoms. The summed E-state index contributed by atoms with van der Waals surface area (Å²) in [4.78, 5) is 8.77. The molecule has 0 aliphatic carbocycles. The lowest BCUT2D eigenvalue weighted by atomic mass is 9.92. The molecule has 8 aromatic rings. The van der Waals surface area contributed by atoms with E-state index in [0.717, 1.165) is 0 Å². The van der Waals surface area contributed by atoms with E-state index in [1.54, 1.807) is 24.3 Å². The van der Waals surface area contributed by atoms with Gasteiger partial charge in [-0.25, -0.2) is 4.98 Å². The summed E-state index contributed by atoms with van der Waals surface area (Å²) in [6.45, 7) is 0. The highest BCUT2D eigenvalue weighted by Crippen LogP contribution is 2.43. The molecule has 3 heterocycles. The third-order valence-corrected chi connectivity index (χ3v) is 6.52. The molecule has 0 spiro atoms. The summed E-state index contributed by atoms with van der Waals surface area (Å²) in [5, 5.41) is 0.219. The summed E-state index contributed by atoms with van der Waals surface area (Å²) in [6, 6.07) is -1.26. The molecule has 0 amide bonds. The Balaban J connectivity index is 1.48. The number of rotatable bonds is 4. The monoisotopic (exact) mass is 542 g/mol. The van der Waals surface area contributed by atoms with E-state index in [9.17, 15) is 1.37 Å². The second-order valence-electron chi connectivity index (χ2n) is 8.85. The van der Waals surface area contributed by atoms with Gasteiger partial charge < -0.3 is 4.42 Å². The van der Waals surface area contributed by atoms with Gasteiger partial charge in [-0.3, -0.25) is 4.98 Å². The molecule has 3 aromatic heterocycles. The summed E-state index contributed by atoms with van der Waals surface area (Å²) < 4.78 is 160. The topological polar surface area (TPSA) is 38.9 Å². The average molecular weight is 543 g/mol. The third kappa shape index (κ3) is 3.98. The number of hydrogen-bond acceptors (Lipinski definition) is 3. The van der Waals surface area contributed by atoms with E-state index in [2.05, 4.69) is 9.97 Å². The molecule has 0 saturated carbocycles. The number of fused-ring (bicyclic) bond motifs is 4. The SMILES string of the molecule is [2H]c1nc2c(c([2H])c1[2H])c([2H])c([2H])c1c([2H])c([2H])c(-c3ccc(-c4c(-c5c([2H])c([2H])c([2H])c([2H])c5[2H])oc(-c5c([2H])c([2H])c([2H])c([2H])c5[2H])c4[2H])c4ccccc34)nc12. The van der Waals surface area contributed by atoms with Gasteiger partial charge in [-0.05, 0) is 34.5 Å². The molecule has 0 saturated heterocycles. The largest absolute Gasteiger partial charge is 0.455 e. The molecule has 0 aliphatic rings. The number of furan rings is 1. The van der Waals surface area contributed by atoms with Crippen molar-refractivity contribution in [2.75, 3.05) is 0 Å². The summed E-state index contributed by atoms with van der Waals surface area (Å²) in [7, 11) is 0. The molecule has 8 rings (SSSR count). The van der Waals surface area contributed by atoms with E-state index in [1.165, 1.54) is 12.1 Å². The van der Waals surface area contributed by atoms with Crippen molar-refractivity contribution in [3.05, 3.63) is 145 Å². The van der Waals surface area contributed by atoms with Crippen molar-refractivity contribution in [1.82, 2.24) is 9.97 Å². The van der Waals surface area contributed by atoms with Crippen LogP contribution in [0.2, 0.25) is 0 Å². The molecule has 0 aliphatic heterocycles. The molecule has 0 unspecified atom stereocenters. The highest BCUT2D eigenvalue weighted by Gasteiger charge is 2.19. The highest BCUT2D eigenvalue weighted by molar-refractivity contribution is 6.08. The Labute approximate surface area is 262 Å². The Kier molecular flexibility index (Phi) is 2.69. The van der Waals surface area contributed by atoms with Crippen molar-refractivity contribution in [3.63, 3.8) is 0 Å². The Bertz CT molecular complexity index is 3160. The first-order chi connectivity index (χ1) is 27.8. The number of aromatic nitrogens is 2. The second-order valence-corrected chi connectivity index (χ2v) is 8.85. The van der Waals surface area contributed by atoms with Gasteiger partial charge in [0.2, 0.25) is 0 Å². The molecule has 0 fully saturated rings. The van der Waals surface area contributed by atoms with Crippen LogP contribution < -0.4 is 0 Å². The summed E-state index contributed by atoms with van der Waals surface area (Å²) in [6.07, 6.45) is -0.593. The molecule has 3 heteroatoms. The van der Waals surface area contributed by atoms with Gasteiger partial charge in [-0.2, -0.15) is 0 Å². The van der Waals surface area contributed by atoms with Gasteiger partial charge in [0.05, 0.1) is 41.4 Å². The Morgan fingerprint density at radius 2 is 1.22 bits per heavy atom. The van der Waals surface area contributed by atoms with Gasteiger partial charge in [-0.1, -0.05) is 121 Å². The van der Waals surface area contributed by atoms with Gasteiger partial charge in [0.1, 0.15) is 11.5 Å². The lowest BCUT2D eigenvalue weighted by molar-refractivity contribution is 0.598. The number of pyridine rings is 2. The molecular formula is C38H24N2O. The predicted molar refractivity (Wildman–Crippen MR) is 169 cm³/mol. The maximum absolute atomic E-state index is 9.45. The summed E-state index contributed by atoms with van der Waals surface area (Å²) in [5.41, 5.74) is -1.17. The third-order valence-electron chi connectivity index (χ3n) is 6.52. The van der Waals surface area contributed by atoms with Crippen LogP contribution >= 0.6 is 0 Å². The van der Waals surface area contributed by atoms with Crippen LogP contribution in [0.25, 0.3) is 77.6 Å². The lowest BCUT2D eigenvalue weighted by Gasteiger charge is -2.12. The molecular weight excluding hydrogens is 500 g/mol. The van der Waals surface area contributed by atoms with Gasteiger partial charge in [0.25, 0.3) is 0 Å². The van der Waals surface area contributed by atoms with Crippen LogP contribution in [0.3, 0.4) is 0 Å². The minimum atomic E-state index is -0.724. The zero-order valence-corrected chi connectivity index (χ0v) is 20.8. The molecule has 3 nitrogen and oxygen atoms in total. The van der Waals surface area contributed by atoms with Crippen molar-refractivity contribution in [2.45, 2.75) is 0 Å². The fourth-order valence-corrected chi connectivity index (χ4v) is 4.72. The molecule has 0 N–H and O–H groups in total. The normalized spacial score (nSPS) is 17.6. The standard InChI is InChI=1S/C38H24N2O/c1-3-10-25(11-4-1)35-24-33(38(41-35)28-12-5-2-6-13-28)31-20-21-32(30-16-8-7-15-29(30)31)34-22-19-27-18-17-26-14-9-23-39-36(26)37(27)40-34/h1-24H/i1D,2D,3D,4D,5D,6D,9D,10D,11D,12D,13D,14D,17D,18D,19D,22D,23D,24D. The van der Waals surface area contributed by atoms with E-state index in [4.69, 9.17) is 27.7 Å². The van der Waals surface area contributed by atoms with Crippen molar-refractivity contribution >= 4 is 32.6 Å². The number of benzene rings is 5. The molecule has 0 radical (unpaired) electrons. The van der Waals surface area contributed by atoms with Crippen LogP contribution in [0.4, 0.5) is 0 Å². The Hall–Kier alpha value is -5.54. The first-order valence-electron chi connectivity index (χ1n) is 21.3. The number of nitrogens with zero attached hydrogens (tertiary/aromatic N) is 2. The van der Waals surface area contributed by atoms with Gasteiger partial charge in [0.15, 0.2) is 0 Å². The maximum atomic E-state index is 9.45. The van der Waals surface area contributed by atoms with Crippen molar-refractivity contribution in [3.8, 4) is 45.0 Å². The second kappa shape index (κ2) is 9.58. The Morgan fingerprint density at radius 3 is 2.00 bits per heavy atom. The zero-order valence-electron chi connectivity index (χ0n) is 38.8. The fraction of sp³-hybridized carbons (Fsp3) is 0. The van der Waals surface area contributed by atoms with E-state index in [-0.39, 0.29) is 44.2 Å². The van der Waals surface area contributed by atoms with Crippen LogP contribution in [0.5, 0.6) is 0 Å². The van der Waals surface area contributed by atoms with Crippen LogP contribution in [-0.2, 0) is 0 Å². The van der Waals surface area contributed by atoms with Crippen LogP contribution in [0.1, 0.15) is 24.7 Å². The maximum Gasteiger partial charge on any atom is 0.142 e. The van der Waals surface area contributed by atoms with E-state index in [0.29, 0.717) is 10.8 Å². The summed E-state index contributed by atoms with van der Waals surface area (Å²) >= 11 is 0. The van der Waals surface area contributed by atoms with Crippen LogP contribution in [-0.4, -0.2) is 9.97 Å². The first-order valence-corrected chi connectivity index (χ1v) is 12.3. The summed E-state index contributed by atoms with van der Waals surface area (Å²) in [5.74, 6) is -0.962. The van der Waals surface area contributed by atoms with E-state index < -0.39 is 132 Å². The predicted octanol–water partition coefficient (Wildman–Crippen LogP) is 10.2. The van der Waals surface area contributed by atoms with Crippen molar-refractivity contribution in [2.24, 2.45) is 0 Å². The highest BCUT2D eigenvalue weighted by atomic mass is 16.3. The van der Waals surface area contributed by atoms with Gasteiger partial charge >= 0.3 is 0 Å². The number of hydrogen-bond donors (Lipinski definition) is 0.